The normalized spacial score (nSPS) is 11.3. The van der Waals surface area contributed by atoms with Crippen LogP contribution in [0.1, 0.15) is 21.5 Å². The summed E-state index contributed by atoms with van der Waals surface area (Å²) in [6.45, 7) is 1.78. The summed E-state index contributed by atoms with van der Waals surface area (Å²) in [6.07, 6.45) is 1.41. The first kappa shape index (κ1) is 18.5. The van der Waals surface area contributed by atoms with Crippen LogP contribution in [0.3, 0.4) is 0 Å². The van der Waals surface area contributed by atoms with Crippen molar-refractivity contribution in [3.8, 4) is 11.5 Å². The summed E-state index contributed by atoms with van der Waals surface area (Å²) in [4.78, 5) is 12.3. The van der Waals surface area contributed by atoms with Crippen molar-refractivity contribution in [1.29, 1.82) is 0 Å². The van der Waals surface area contributed by atoms with Crippen molar-refractivity contribution in [2.24, 2.45) is 0 Å². The average Bonchev–Trinajstić information content (AvgIpc) is 2.60. The molecule has 0 radical (unpaired) electrons. The van der Waals surface area contributed by atoms with Gasteiger partial charge in [0.1, 0.15) is 11.5 Å². The molecule has 0 aliphatic rings. The Morgan fingerprint density at radius 2 is 1.60 bits per heavy atom. The molecular formula is C18H19NO5S. The summed E-state index contributed by atoms with van der Waals surface area (Å²) < 4.78 is 36.5. The standard InChI is InChI=1S/C18H19NO5S/c1-13-16(23-2)11-15(12-17(13)24-3)18(20)19-25(21,22)10-9-14-7-5-4-6-8-14/h4-12H,1-3H3,(H,19,20). The van der Waals surface area contributed by atoms with Gasteiger partial charge in [0.25, 0.3) is 15.9 Å². The molecular weight excluding hydrogens is 342 g/mol. The summed E-state index contributed by atoms with van der Waals surface area (Å²) in [5.74, 6) is 0.0952. The van der Waals surface area contributed by atoms with E-state index in [0.717, 1.165) is 5.41 Å². The zero-order valence-electron chi connectivity index (χ0n) is 14.1. The van der Waals surface area contributed by atoms with Crippen molar-refractivity contribution in [3.63, 3.8) is 0 Å². The summed E-state index contributed by atoms with van der Waals surface area (Å²) in [5.41, 5.74) is 1.54. The van der Waals surface area contributed by atoms with E-state index in [2.05, 4.69) is 0 Å². The molecule has 0 spiro atoms. The SMILES string of the molecule is COc1cc(C(=O)NS(=O)(=O)C=Cc2ccccc2)cc(OC)c1C. The molecule has 0 unspecified atom stereocenters. The molecule has 0 saturated carbocycles. The molecule has 2 aromatic carbocycles. The van der Waals surface area contributed by atoms with E-state index in [0.29, 0.717) is 22.6 Å². The van der Waals surface area contributed by atoms with Gasteiger partial charge in [-0.15, -0.1) is 0 Å². The van der Waals surface area contributed by atoms with Gasteiger partial charge in [0.15, 0.2) is 0 Å². The second-order valence-electron chi connectivity index (χ2n) is 5.20. The summed E-state index contributed by atoms with van der Waals surface area (Å²) in [5, 5.41) is 0.947. The Hall–Kier alpha value is -2.80. The zero-order valence-corrected chi connectivity index (χ0v) is 15.0. The Balaban J connectivity index is 2.22. The first-order valence-electron chi connectivity index (χ1n) is 7.39. The minimum Gasteiger partial charge on any atom is -0.496 e. The lowest BCUT2D eigenvalue weighted by Crippen LogP contribution is -2.28. The molecule has 0 aliphatic heterocycles. The Bertz CT molecular complexity index is 864. The number of nitrogens with one attached hydrogen (secondary N) is 1. The van der Waals surface area contributed by atoms with E-state index < -0.39 is 15.9 Å². The maximum absolute atomic E-state index is 12.3. The van der Waals surface area contributed by atoms with Crippen molar-refractivity contribution >= 4 is 22.0 Å². The smallest absolute Gasteiger partial charge is 0.265 e. The average molecular weight is 361 g/mol. The number of methoxy groups -OCH3 is 2. The summed E-state index contributed by atoms with van der Waals surface area (Å²) >= 11 is 0. The zero-order chi connectivity index (χ0) is 18.4. The predicted molar refractivity (Wildman–Crippen MR) is 96.1 cm³/mol. The highest BCUT2D eigenvalue weighted by molar-refractivity contribution is 7.93. The van der Waals surface area contributed by atoms with E-state index in [9.17, 15) is 13.2 Å². The molecule has 1 N–H and O–H groups in total. The predicted octanol–water partition coefficient (Wildman–Crippen LogP) is 2.74. The van der Waals surface area contributed by atoms with Gasteiger partial charge in [0.05, 0.1) is 19.6 Å². The van der Waals surface area contributed by atoms with Gasteiger partial charge in [-0.1, -0.05) is 30.3 Å². The molecule has 132 valence electrons. The van der Waals surface area contributed by atoms with Crippen molar-refractivity contribution in [2.45, 2.75) is 6.92 Å². The monoisotopic (exact) mass is 361 g/mol. The molecule has 2 aromatic rings. The fourth-order valence-electron chi connectivity index (χ4n) is 2.17. The highest BCUT2D eigenvalue weighted by Gasteiger charge is 2.17. The van der Waals surface area contributed by atoms with Gasteiger partial charge in [-0.3, -0.25) is 4.79 Å². The van der Waals surface area contributed by atoms with Gasteiger partial charge in [0, 0.05) is 11.1 Å². The summed E-state index contributed by atoms with van der Waals surface area (Å²) in [6, 6.07) is 11.8. The molecule has 0 fully saturated rings. The van der Waals surface area contributed by atoms with E-state index in [-0.39, 0.29) is 5.56 Å². The van der Waals surface area contributed by atoms with Crippen molar-refractivity contribution in [3.05, 3.63) is 64.6 Å². The van der Waals surface area contributed by atoms with Gasteiger partial charge < -0.3 is 9.47 Å². The van der Waals surface area contributed by atoms with Gasteiger partial charge in [-0.2, -0.15) is 0 Å². The minimum atomic E-state index is -3.94. The van der Waals surface area contributed by atoms with E-state index in [1.54, 1.807) is 31.2 Å². The number of carbonyl (C=O) groups excluding carboxylic acids is 1. The molecule has 0 aromatic heterocycles. The maximum Gasteiger partial charge on any atom is 0.265 e. The quantitative estimate of drug-likeness (QED) is 0.855. The lowest BCUT2D eigenvalue weighted by atomic mass is 10.1. The van der Waals surface area contributed by atoms with Gasteiger partial charge >= 0.3 is 0 Å². The third kappa shape index (κ3) is 4.84. The van der Waals surface area contributed by atoms with Gasteiger partial charge in [-0.05, 0) is 30.7 Å². The van der Waals surface area contributed by atoms with Crippen LogP contribution in [-0.2, 0) is 10.0 Å². The molecule has 0 heterocycles. The second kappa shape index (κ2) is 7.85. The highest BCUT2D eigenvalue weighted by Crippen LogP contribution is 2.29. The fraction of sp³-hybridized carbons (Fsp3) is 0.167. The molecule has 7 heteroatoms. The van der Waals surface area contributed by atoms with Gasteiger partial charge in [0.2, 0.25) is 0 Å². The molecule has 1 amide bonds. The Morgan fingerprint density at radius 3 is 2.12 bits per heavy atom. The molecule has 0 saturated heterocycles. The number of amides is 1. The van der Waals surface area contributed by atoms with Gasteiger partial charge in [-0.25, -0.2) is 13.1 Å². The van der Waals surface area contributed by atoms with Crippen LogP contribution in [-0.4, -0.2) is 28.5 Å². The Labute approximate surface area is 147 Å². The Kier molecular flexibility index (Phi) is 5.82. The summed E-state index contributed by atoms with van der Waals surface area (Å²) in [7, 11) is -1.02. The molecule has 0 aliphatic carbocycles. The molecule has 25 heavy (non-hydrogen) atoms. The van der Waals surface area contributed by atoms with E-state index in [1.807, 2.05) is 10.8 Å². The molecule has 6 nitrogen and oxygen atoms in total. The topological polar surface area (TPSA) is 81.7 Å². The van der Waals surface area contributed by atoms with Crippen LogP contribution in [0.4, 0.5) is 0 Å². The van der Waals surface area contributed by atoms with Crippen molar-refractivity contribution < 1.29 is 22.7 Å². The van der Waals surface area contributed by atoms with Crippen LogP contribution >= 0.6 is 0 Å². The number of rotatable bonds is 6. The van der Waals surface area contributed by atoms with Crippen LogP contribution in [0.15, 0.2) is 47.9 Å². The largest absolute Gasteiger partial charge is 0.496 e. The third-order valence-corrected chi connectivity index (χ3v) is 4.45. The molecule has 0 atom stereocenters. The van der Waals surface area contributed by atoms with Crippen LogP contribution in [0, 0.1) is 6.92 Å². The first-order valence-corrected chi connectivity index (χ1v) is 8.94. The minimum absolute atomic E-state index is 0.121. The molecule has 2 rings (SSSR count). The fourth-order valence-corrected chi connectivity index (χ4v) is 2.95. The van der Waals surface area contributed by atoms with E-state index >= 15 is 0 Å². The maximum atomic E-state index is 12.3. The van der Waals surface area contributed by atoms with Crippen LogP contribution in [0.5, 0.6) is 11.5 Å². The number of ether oxygens (including phenoxy) is 2. The first-order chi connectivity index (χ1) is 11.9. The lowest BCUT2D eigenvalue weighted by molar-refractivity contribution is 0.0981. The van der Waals surface area contributed by atoms with Crippen molar-refractivity contribution in [1.82, 2.24) is 4.72 Å². The van der Waals surface area contributed by atoms with Crippen LogP contribution in [0.25, 0.3) is 6.08 Å². The number of hydrogen-bond acceptors (Lipinski definition) is 5. The van der Waals surface area contributed by atoms with Crippen molar-refractivity contribution in [2.75, 3.05) is 14.2 Å². The van der Waals surface area contributed by atoms with Crippen LogP contribution < -0.4 is 14.2 Å². The number of benzene rings is 2. The van der Waals surface area contributed by atoms with Crippen LogP contribution in [0.2, 0.25) is 0 Å². The third-order valence-electron chi connectivity index (χ3n) is 3.49. The number of hydrogen-bond donors (Lipinski definition) is 1. The Morgan fingerprint density at radius 1 is 1.04 bits per heavy atom. The molecule has 0 bridgehead atoms. The number of sulfonamides is 1. The number of carbonyl (C=O) groups is 1. The highest BCUT2D eigenvalue weighted by atomic mass is 32.2. The lowest BCUT2D eigenvalue weighted by Gasteiger charge is -2.12. The van der Waals surface area contributed by atoms with E-state index in [4.69, 9.17) is 9.47 Å². The van der Waals surface area contributed by atoms with E-state index in [1.165, 1.54) is 32.4 Å². The second-order valence-corrected chi connectivity index (χ2v) is 6.76.